The van der Waals surface area contributed by atoms with Gasteiger partial charge in [0.05, 0.1) is 12.4 Å². The molecule has 0 unspecified atom stereocenters. The SMILES string of the molecule is Nc1cc(CCF)no1. The third-order valence-corrected chi connectivity index (χ3v) is 0.928. The summed E-state index contributed by atoms with van der Waals surface area (Å²) in [6.45, 7) is -0.425. The predicted octanol–water partition coefficient (Wildman–Crippen LogP) is 0.769. The summed E-state index contributed by atoms with van der Waals surface area (Å²) in [6, 6.07) is 1.51. The Morgan fingerprint density at radius 2 is 2.56 bits per heavy atom. The van der Waals surface area contributed by atoms with Gasteiger partial charge >= 0.3 is 0 Å². The highest BCUT2D eigenvalue weighted by Crippen LogP contribution is 2.04. The van der Waals surface area contributed by atoms with E-state index in [0.29, 0.717) is 5.69 Å². The van der Waals surface area contributed by atoms with Crippen LogP contribution in [0, 0.1) is 0 Å². The zero-order valence-electron chi connectivity index (χ0n) is 4.80. The minimum absolute atomic E-state index is 0.235. The van der Waals surface area contributed by atoms with E-state index in [1.807, 2.05) is 0 Å². The second-order valence-electron chi connectivity index (χ2n) is 1.66. The van der Waals surface area contributed by atoms with Gasteiger partial charge in [0, 0.05) is 12.5 Å². The molecule has 0 aliphatic carbocycles. The van der Waals surface area contributed by atoms with E-state index in [4.69, 9.17) is 5.73 Å². The minimum Gasteiger partial charge on any atom is -0.368 e. The van der Waals surface area contributed by atoms with Gasteiger partial charge in [-0.2, -0.15) is 0 Å². The molecule has 0 saturated heterocycles. The topological polar surface area (TPSA) is 52.0 Å². The van der Waals surface area contributed by atoms with Crippen LogP contribution in [-0.2, 0) is 6.42 Å². The molecule has 0 radical (unpaired) electrons. The maximum atomic E-state index is 11.6. The molecule has 0 bridgehead atoms. The van der Waals surface area contributed by atoms with E-state index in [2.05, 4.69) is 9.68 Å². The summed E-state index contributed by atoms with van der Waals surface area (Å²) in [4.78, 5) is 0. The highest BCUT2D eigenvalue weighted by Gasteiger charge is 1.97. The third kappa shape index (κ3) is 1.42. The molecule has 2 N–H and O–H groups in total. The van der Waals surface area contributed by atoms with E-state index in [1.165, 1.54) is 6.07 Å². The zero-order valence-corrected chi connectivity index (χ0v) is 4.80. The van der Waals surface area contributed by atoms with Crippen molar-refractivity contribution in [2.45, 2.75) is 6.42 Å². The van der Waals surface area contributed by atoms with Gasteiger partial charge in [-0.15, -0.1) is 0 Å². The molecule has 1 aromatic rings. The summed E-state index contributed by atoms with van der Waals surface area (Å²) in [5.74, 6) is 0.235. The fourth-order valence-corrected chi connectivity index (χ4v) is 0.543. The Bertz CT molecular complexity index is 187. The molecule has 1 rings (SSSR count). The Hall–Kier alpha value is -1.06. The lowest BCUT2D eigenvalue weighted by Gasteiger charge is -1.80. The van der Waals surface area contributed by atoms with Crippen LogP contribution in [-0.4, -0.2) is 11.8 Å². The van der Waals surface area contributed by atoms with Gasteiger partial charge in [-0.3, -0.25) is 4.39 Å². The van der Waals surface area contributed by atoms with Gasteiger partial charge < -0.3 is 10.3 Å². The number of aryl methyl sites for hydroxylation is 1. The molecule has 0 spiro atoms. The average Bonchev–Trinajstić information content (AvgIpc) is 2.17. The van der Waals surface area contributed by atoms with Crippen molar-refractivity contribution in [1.82, 2.24) is 5.16 Å². The highest BCUT2D eigenvalue weighted by molar-refractivity contribution is 5.24. The number of alkyl halides is 1. The first kappa shape index (κ1) is 6.07. The largest absolute Gasteiger partial charge is 0.368 e. The molecule has 3 nitrogen and oxygen atoms in total. The molecule has 0 atom stereocenters. The van der Waals surface area contributed by atoms with E-state index in [1.54, 1.807) is 0 Å². The van der Waals surface area contributed by atoms with Crippen LogP contribution in [0.2, 0.25) is 0 Å². The number of nitrogen functional groups attached to an aromatic ring is 1. The number of rotatable bonds is 2. The Balaban J connectivity index is 2.61. The molecule has 0 amide bonds. The monoisotopic (exact) mass is 130 g/mol. The van der Waals surface area contributed by atoms with Crippen LogP contribution in [0.25, 0.3) is 0 Å². The Labute approximate surface area is 51.6 Å². The maximum absolute atomic E-state index is 11.6. The van der Waals surface area contributed by atoms with Crippen molar-refractivity contribution in [2.24, 2.45) is 0 Å². The van der Waals surface area contributed by atoms with Gasteiger partial charge in [0.2, 0.25) is 5.88 Å². The lowest BCUT2D eigenvalue weighted by molar-refractivity contribution is 0.417. The molecule has 0 aliphatic rings. The van der Waals surface area contributed by atoms with Crippen LogP contribution >= 0.6 is 0 Å². The van der Waals surface area contributed by atoms with Gasteiger partial charge in [-0.05, 0) is 0 Å². The van der Waals surface area contributed by atoms with Gasteiger partial charge in [-0.25, -0.2) is 0 Å². The number of nitrogens with zero attached hydrogens (tertiary/aromatic N) is 1. The smallest absolute Gasteiger partial charge is 0.222 e. The molecule has 50 valence electrons. The number of anilines is 1. The van der Waals surface area contributed by atoms with E-state index in [-0.39, 0.29) is 12.3 Å². The lowest BCUT2D eigenvalue weighted by Crippen LogP contribution is -1.84. The average molecular weight is 130 g/mol. The first-order valence-corrected chi connectivity index (χ1v) is 2.60. The Morgan fingerprint density at radius 1 is 1.78 bits per heavy atom. The van der Waals surface area contributed by atoms with Crippen molar-refractivity contribution in [2.75, 3.05) is 12.4 Å². The van der Waals surface area contributed by atoms with Crippen LogP contribution < -0.4 is 5.73 Å². The Morgan fingerprint density at radius 3 is 3.00 bits per heavy atom. The van der Waals surface area contributed by atoms with Gasteiger partial charge in [-0.1, -0.05) is 5.16 Å². The number of nitrogens with two attached hydrogens (primary N) is 1. The molecular weight excluding hydrogens is 123 g/mol. The van der Waals surface area contributed by atoms with Gasteiger partial charge in [0.1, 0.15) is 0 Å². The summed E-state index contributed by atoms with van der Waals surface area (Å²) in [5.41, 5.74) is 5.72. The molecule has 1 aromatic heterocycles. The second kappa shape index (κ2) is 2.48. The summed E-state index contributed by atoms with van der Waals surface area (Å²) >= 11 is 0. The standard InChI is InChI=1S/C5H7FN2O/c6-2-1-4-3-5(7)9-8-4/h3H,1-2,7H2. The third-order valence-electron chi connectivity index (χ3n) is 0.928. The molecule has 0 fully saturated rings. The van der Waals surface area contributed by atoms with Crippen molar-refractivity contribution >= 4 is 5.88 Å². The van der Waals surface area contributed by atoms with E-state index in [0.717, 1.165) is 0 Å². The molecule has 0 aliphatic heterocycles. The number of hydrogen-bond acceptors (Lipinski definition) is 3. The first-order valence-electron chi connectivity index (χ1n) is 2.60. The Kier molecular flexibility index (Phi) is 1.67. The van der Waals surface area contributed by atoms with Crippen LogP contribution in [0.4, 0.5) is 10.3 Å². The number of halogens is 1. The second-order valence-corrected chi connectivity index (χ2v) is 1.66. The molecular formula is C5H7FN2O. The minimum atomic E-state index is -0.425. The quantitative estimate of drug-likeness (QED) is 0.643. The normalized spacial score (nSPS) is 9.89. The molecule has 9 heavy (non-hydrogen) atoms. The van der Waals surface area contributed by atoms with Crippen molar-refractivity contribution in [3.8, 4) is 0 Å². The van der Waals surface area contributed by atoms with E-state index in [9.17, 15) is 4.39 Å². The fraction of sp³-hybridized carbons (Fsp3) is 0.400. The van der Waals surface area contributed by atoms with Crippen LogP contribution in [0.1, 0.15) is 5.69 Å². The van der Waals surface area contributed by atoms with E-state index < -0.39 is 6.67 Å². The van der Waals surface area contributed by atoms with Crippen molar-refractivity contribution in [3.05, 3.63) is 11.8 Å². The van der Waals surface area contributed by atoms with Gasteiger partial charge in [0.15, 0.2) is 0 Å². The summed E-state index contributed by atoms with van der Waals surface area (Å²) < 4.78 is 16.0. The summed E-state index contributed by atoms with van der Waals surface area (Å²) in [5, 5.41) is 3.47. The molecule has 0 saturated carbocycles. The summed E-state index contributed by atoms with van der Waals surface area (Å²) in [6.07, 6.45) is 0.278. The maximum Gasteiger partial charge on any atom is 0.222 e. The van der Waals surface area contributed by atoms with Crippen LogP contribution in [0.15, 0.2) is 10.6 Å². The fourth-order valence-electron chi connectivity index (χ4n) is 0.543. The van der Waals surface area contributed by atoms with Crippen molar-refractivity contribution in [3.63, 3.8) is 0 Å². The molecule has 0 aromatic carbocycles. The number of hydrogen-bond donors (Lipinski definition) is 1. The number of aromatic nitrogens is 1. The van der Waals surface area contributed by atoms with Crippen LogP contribution in [0.5, 0.6) is 0 Å². The van der Waals surface area contributed by atoms with Gasteiger partial charge in [0.25, 0.3) is 0 Å². The highest BCUT2D eigenvalue weighted by atomic mass is 19.1. The molecule has 1 heterocycles. The first-order chi connectivity index (χ1) is 4.33. The summed E-state index contributed by atoms with van der Waals surface area (Å²) in [7, 11) is 0. The molecule has 4 heteroatoms. The van der Waals surface area contributed by atoms with Crippen molar-refractivity contribution in [1.29, 1.82) is 0 Å². The van der Waals surface area contributed by atoms with E-state index >= 15 is 0 Å². The predicted molar refractivity (Wildman–Crippen MR) is 30.6 cm³/mol. The van der Waals surface area contributed by atoms with Crippen LogP contribution in [0.3, 0.4) is 0 Å². The lowest BCUT2D eigenvalue weighted by atomic mass is 10.3. The zero-order chi connectivity index (χ0) is 6.69. The van der Waals surface area contributed by atoms with Crippen molar-refractivity contribution < 1.29 is 8.91 Å².